The van der Waals surface area contributed by atoms with E-state index in [-0.39, 0.29) is 12.0 Å². The maximum Gasteiger partial charge on any atom is 0.261 e. The van der Waals surface area contributed by atoms with Crippen molar-refractivity contribution in [1.82, 2.24) is 15.0 Å². The molecule has 0 aromatic carbocycles. The Labute approximate surface area is 106 Å². The summed E-state index contributed by atoms with van der Waals surface area (Å²) < 4.78 is 39.9. The number of pyridine rings is 1. The minimum Gasteiger partial charge on any atom is -0.316 e. The van der Waals surface area contributed by atoms with E-state index in [9.17, 15) is 12.8 Å². The lowest BCUT2D eigenvalue weighted by molar-refractivity contribution is 0.441. The highest BCUT2D eigenvalue weighted by Crippen LogP contribution is 2.16. The molecule has 100 valence electrons. The Morgan fingerprint density at radius 2 is 2.39 bits per heavy atom. The van der Waals surface area contributed by atoms with Gasteiger partial charge in [-0.05, 0) is 44.5 Å². The van der Waals surface area contributed by atoms with Crippen LogP contribution >= 0.6 is 0 Å². The van der Waals surface area contributed by atoms with Gasteiger partial charge in [0.15, 0.2) is 5.82 Å². The topological polar surface area (TPSA) is 71.1 Å². The molecule has 5 nitrogen and oxygen atoms in total. The molecular formula is C11H16FN3O2S. The number of halogens is 1. The van der Waals surface area contributed by atoms with Gasteiger partial charge in [0.25, 0.3) is 10.0 Å². The number of sulfonamides is 1. The fourth-order valence-corrected chi connectivity index (χ4v) is 3.39. The molecule has 1 aromatic heterocycles. The summed E-state index contributed by atoms with van der Waals surface area (Å²) in [4.78, 5) is 3.59. The number of hydrogen-bond donors (Lipinski definition) is 2. The van der Waals surface area contributed by atoms with Gasteiger partial charge in [-0.15, -0.1) is 0 Å². The molecule has 2 atom stereocenters. The van der Waals surface area contributed by atoms with Gasteiger partial charge in [-0.1, -0.05) is 0 Å². The summed E-state index contributed by atoms with van der Waals surface area (Å²) in [6.07, 6.45) is 2.17. The number of hydrogen-bond acceptors (Lipinski definition) is 4. The highest BCUT2D eigenvalue weighted by Gasteiger charge is 2.28. The predicted octanol–water partition coefficient (Wildman–Crippen LogP) is 0.497. The van der Waals surface area contributed by atoms with Gasteiger partial charge >= 0.3 is 0 Å². The van der Waals surface area contributed by atoms with Crippen molar-refractivity contribution in [3.8, 4) is 0 Å². The standard InChI is InChI=1S/C11H16FN3O2S/c1-8(9-4-6-13-7-9)15-18(16,17)11-10(12)3-2-5-14-11/h2-3,5,8-9,13,15H,4,6-7H2,1H3. The van der Waals surface area contributed by atoms with Crippen LogP contribution in [0.4, 0.5) is 4.39 Å². The first-order valence-corrected chi connectivity index (χ1v) is 7.32. The summed E-state index contributed by atoms with van der Waals surface area (Å²) in [5, 5.41) is 2.63. The summed E-state index contributed by atoms with van der Waals surface area (Å²) in [5.74, 6) is -0.603. The zero-order chi connectivity index (χ0) is 13.2. The molecule has 1 fully saturated rings. The van der Waals surface area contributed by atoms with Crippen molar-refractivity contribution in [2.45, 2.75) is 24.4 Å². The number of rotatable bonds is 4. The number of nitrogens with one attached hydrogen (secondary N) is 2. The Kier molecular flexibility index (Phi) is 3.94. The van der Waals surface area contributed by atoms with Crippen LogP contribution in [-0.2, 0) is 10.0 Å². The van der Waals surface area contributed by atoms with Gasteiger partial charge in [-0.2, -0.15) is 0 Å². The average Bonchev–Trinajstić information content (AvgIpc) is 2.82. The van der Waals surface area contributed by atoms with Crippen LogP contribution in [-0.4, -0.2) is 32.5 Å². The van der Waals surface area contributed by atoms with Gasteiger partial charge < -0.3 is 5.32 Å². The largest absolute Gasteiger partial charge is 0.316 e. The third kappa shape index (κ3) is 2.85. The van der Waals surface area contributed by atoms with Crippen molar-refractivity contribution >= 4 is 10.0 Å². The van der Waals surface area contributed by atoms with Gasteiger partial charge in [0.2, 0.25) is 5.03 Å². The Bertz CT molecular complexity index is 515. The van der Waals surface area contributed by atoms with E-state index in [2.05, 4.69) is 15.0 Å². The Morgan fingerprint density at radius 3 is 3.00 bits per heavy atom. The summed E-state index contributed by atoms with van der Waals surface area (Å²) in [7, 11) is -3.89. The first kappa shape index (κ1) is 13.4. The maximum absolute atomic E-state index is 13.4. The van der Waals surface area contributed by atoms with Crippen LogP contribution in [0.15, 0.2) is 23.4 Å². The van der Waals surface area contributed by atoms with Gasteiger partial charge in [0.05, 0.1) is 0 Å². The Morgan fingerprint density at radius 1 is 1.61 bits per heavy atom. The summed E-state index contributed by atoms with van der Waals surface area (Å²) in [5.41, 5.74) is 0. The molecule has 1 aromatic rings. The van der Waals surface area contributed by atoms with Crippen LogP contribution in [0, 0.1) is 11.7 Å². The molecule has 0 saturated carbocycles. The van der Waals surface area contributed by atoms with E-state index in [0.717, 1.165) is 25.6 Å². The second-order valence-electron chi connectivity index (χ2n) is 4.45. The normalized spacial score (nSPS) is 22.0. The fraction of sp³-hybridized carbons (Fsp3) is 0.545. The molecule has 1 saturated heterocycles. The second-order valence-corrected chi connectivity index (χ2v) is 6.08. The third-order valence-corrected chi connectivity index (χ3v) is 4.62. The van der Waals surface area contributed by atoms with Gasteiger partial charge in [0, 0.05) is 12.2 Å². The molecule has 7 heteroatoms. The lowest BCUT2D eigenvalue weighted by Gasteiger charge is -2.19. The van der Waals surface area contributed by atoms with Crippen molar-refractivity contribution in [3.05, 3.63) is 24.1 Å². The summed E-state index contributed by atoms with van der Waals surface area (Å²) in [6.45, 7) is 3.44. The predicted molar refractivity (Wildman–Crippen MR) is 65.0 cm³/mol. The van der Waals surface area contributed by atoms with E-state index < -0.39 is 20.9 Å². The monoisotopic (exact) mass is 273 g/mol. The van der Waals surface area contributed by atoms with Crippen LogP contribution in [0.1, 0.15) is 13.3 Å². The maximum atomic E-state index is 13.4. The van der Waals surface area contributed by atoms with Crippen LogP contribution < -0.4 is 10.0 Å². The molecule has 2 heterocycles. The Balaban J connectivity index is 2.14. The molecule has 0 spiro atoms. The Hall–Kier alpha value is -1.05. The van der Waals surface area contributed by atoms with Crippen LogP contribution in [0.25, 0.3) is 0 Å². The zero-order valence-corrected chi connectivity index (χ0v) is 10.9. The quantitative estimate of drug-likeness (QED) is 0.838. The van der Waals surface area contributed by atoms with E-state index in [1.165, 1.54) is 12.3 Å². The van der Waals surface area contributed by atoms with Gasteiger partial charge in [0.1, 0.15) is 0 Å². The van der Waals surface area contributed by atoms with Crippen LogP contribution in [0.3, 0.4) is 0 Å². The van der Waals surface area contributed by atoms with Gasteiger partial charge in [-0.25, -0.2) is 22.5 Å². The molecule has 0 bridgehead atoms. The molecule has 1 aliphatic rings. The molecule has 2 rings (SSSR count). The molecule has 1 aliphatic heterocycles. The van der Waals surface area contributed by atoms with Crippen molar-refractivity contribution in [1.29, 1.82) is 0 Å². The lowest BCUT2D eigenvalue weighted by Crippen LogP contribution is -2.39. The van der Waals surface area contributed by atoms with Crippen molar-refractivity contribution in [3.63, 3.8) is 0 Å². The van der Waals surface area contributed by atoms with E-state index in [1.54, 1.807) is 6.92 Å². The minimum absolute atomic E-state index is 0.228. The molecule has 2 unspecified atom stereocenters. The third-order valence-electron chi connectivity index (χ3n) is 3.13. The zero-order valence-electron chi connectivity index (χ0n) is 10.1. The second kappa shape index (κ2) is 5.29. The molecule has 0 amide bonds. The molecule has 0 aliphatic carbocycles. The lowest BCUT2D eigenvalue weighted by atomic mass is 10.0. The summed E-state index contributed by atoms with van der Waals surface area (Å²) in [6, 6.07) is 2.20. The molecule has 18 heavy (non-hydrogen) atoms. The van der Waals surface area contributed by atoms with E-state index in [1.807, 2.05) is 0 Å². The smallest absolute Gasteiger partial charge is 0.261 e. The van der Waals surface area contributed by atoms with E-state index in [0.29, 0.717) is 0 Å². The van der Waals surface area contributed by atoms with Crippen molar-refractivity contribution < 1.29 is 12.8 Å². The highest BCUT2D eigenvalue weighted by atomic mass is 32.2. The molecule has 0 radical (unpaired) electrons. The van der Waals surface area contributed by atoms with Crippen LogP contribution in [0.2, 0.25) is 0 Å². The van der Waals surface area contributed by atoms with Crippen molar-refractivity contribution in [2.75, 3.05) is 13.1 Å². The fourth-order valence-electron chi connectivity index (χ4n) is 2.07. The summed E-state index contributed by atoms with van der Waals surface area (Å²) >= 11 is 0. The first-order chi connectivity index (χ1) is 8.50. The average molecular weight is 273 g/mol. The number of aromatic nitrogens is 1. The van der Waals surface area contributed by atoms with Crippen LogP contribution in [0.5, 0.6) is 0 Å². The minimum atomic E-state index is -3.89. The van der Waals surface area contributed by atoms with E-state index in [4.69, 9.17) is 0 Å². The highest BCUT2D eigenvalue weighted by molar-refractivity contribution is 7.89. The molecular weight excluding hydrogens is 257 g/mol. The SMILES string of the molecule is CC(NS(=O)(=O)c1ncccc1F)C1CCNC1. The molecule has 2 N–H and O–H groups in total. The first-order valence-electron chi connectivity index (χ1n) is 5.84. The van der Waals surface area contributed by atoms with Gasteiger partial charge in [-0.3, -0.25) is 0 Å². The van der Waals surface area contributed by atoms with Crippen molar-refractivity contribution in [2.24, 2.45) is 5.92 Å². The number of nitrogens with zero attached hydrogens (tertiary/aromatic N) is 1. The van der Waals surface area contributed by atoms with E-state index >= 15 is 0 Å².